The van der Waals surface area contributed by atoms with Crippen LogP contribution in [0.2, 0.25) is 0 Å². The second-order valence-corrected chi connectivity index (χ2v) is 5.97. The summed E-state index contributed by atoms with van der Waals surface area (Å²) < 4.78 is 120. The first-order valence-corrected chi connectivity index (χ1v) is 7.48. The number of fused-ring (bicyclic) bond motifs is 6. The van der Waals surface area contributed by atoms with E-state index in [-0.39, 0.29) is 21.9 Å². The molecule has 0 aliphatic heterocycles. The molecule has 2 aromatic heterocycles. The summed E-state index contributed by atoms with van der Waals surface area (Å²) in [5, 5.41) is -2.16. The Labute approximate surface area is 147 Å². The molecule has 3 aromatic carbocycles. The van der Waals surface area contributed by atoms with Crippen LogP contribution < -0.4 is 0 Å². The lowest BCUT2D eigenvalue weighted by Gasteiger charge is -1.98. The molecule has 0 radical (unpaired) electrons. The van der Waals surface area contributed by atoms with E-state index in [1.165, 1.54) is 0 Å². The monoisotopic (exact) mass is 402 g/mol. The standard InChI is InChI=1S/C18H2F8O2/c19-9-7-3-1-5-4(2-6(3)28-17(7)15(25)13(23)11(9)21)8-10(20)12(22)14(24)16(26)18(8)27-5/h1-2H. The minimum absolute atomic E-state index is 0.307. The summed E-state index contributed by atoms with van der Waals surface area (Å²) in [6.45, 7) is 0. The van der Waals surface area contributed by atoms with Gasteiger partial charge in [-0.3, -0.25) is 0 Å². The molecule has 0 saturated carbocycles. The molecule has 5 aromatic rings. The maximum Gasteiger partial charge on any atom is 0.205 e. The minimum Gasteiger partial charge on any atom is -0.453 e. The number of benzene rings is 3. The molecule has 0 aliphatic carbocycles. The zero-order valence-electron chi connectivity index (χ0n) is 13.0. The summed E-state index contributed by atoms with van der Waals surface area (Å²) in [5.74, 6) is -15.5. The van der Waals surface area contributed by atoms with Gasteiger partial charge in [-0.2, -0.15) is 8.78 Å². The fourth-order valence-corrected chi connectivity index (χ4v) is 3.24. The molecule has 0 amide bonds. The van der Waals surface area contributed by atoms with Gasteiger partial charge in [0, 0.05) is 10.8 Å². The van der Waals surface area contributed by atoms with E-state index in [1.807, 2.05) is 0 Å². The number of hydrogen-bond acceptors (Lipinski definition) is 2. The fourth-order valence-electron chi connectivity index (χ4n) is 3.24. The Morgan fingerprint density at radius 1 is 0.429 bits per heavy atom. The summed E-state index contributed by atoms with van der Waals surface area (Å²) in [5.41, 5.74) is -2.66. The van der Waals surface area contributed by atoms with Gasteiger partial charge in [-0.25, -0.2) is 26.3 Å². The third-order valence-corrected chi connectivity index (χ3v) is 4.49. The van der Waals surface area contributed by atoms with Gasteiger partial charge in [0.05, 0.1) is 10.8 Å². The summed E-state index contributed by atoms with van der Waals surface area (Å²) in [6, 6.07) is 1.82. The first-order chi connectivity index (χ1) is 13.2. The number of furan rings is 2. The highest BCUT2D eigenvalue weighted by molar-refractivity contribution is 6.15. The first-order valence-electron chi connectivity index (χ1n) is 7.48. The Hall–Kier alpha value is -3.30. The molecule has 2 nitrogen and oxygen atoms in total. The Kier molecular flexibility index (Phi) is 3.10. The molecule has 0 bridgehead atoms. The van der Waals surface area contributed by atoms with Crippen molar-refractivity contribution in [2.24, 2.45) is 0 Å². The Balaban J connectivity index is 2.03. The predicted octanol–water partition coefficient (Wildman–Crippen LogP) is 6.60. The lowest BCUT2D eigenvalue weighted by atomic mass is 10.1. The van der Waals surface area contributed by atoms with Gasteiger partial charge in [-0.05, 0) is 12.1 Å². The highest BCUT2D eigenvalue weighted by Gasteiger charge is 2.29. The molecule has 0 unspecified atom stereocenters. The maximum atomic E-state index is 14.1. The second kappa shape index (κ2) is 5.15. The highest BCUT2D eigenvalue weighted by Crippen LogP contribution is 2.41. The molecule has 2 heterocycles. The van der Waals surface area contributed by atoms with Crippen molar-refractivity contribution in [3.63, 3.8) is 0 Å². The van der Waals surface area contributed by atoms with Crippen molar-refractivity contribution in [2.45, 2.75) is 0 Å². The third-order valence-electron chi connectivity index (χ3n) is 4.49. The van der Waals surface area contributed by atoms with Crippen molar-refractivity contribution in [3.05, 3.63) is 58.7 Å². The van der Waals surface area contributed by atoms with E-state index in [2.05, 4.69) is 0 Å². The van der Waals surface area contributed by atoms with E-state index < -0.39 is 68.5 Å². The van der Waals surface area contributed by atoms with Crippen LogP contribution in [0.1, 0.15) is 0 Å². The lowest BCUT2D eigenvalue weighted by molar-refractivity contribution is 0.411. The molecule has 0 N–H and O–H groups in total. The molecule has 0 fully saturated rings. The third kappa shape index (κ3) is 1.82. The average molecular weight is 402 g/mol. The van der Waals surface area contributed by atoms with Crippen LogP contribution >= 0.6 is 0 Å². The molecule has 0 atom stereocenters. The van der Waals surface area contributed by atoms with Gasteiger partial charge in [0.2, 0.25) is 23.3 Å². The van der Waals surface area contributed by atoms with Gasteiger partial charge >= 0.3 is 0 Å². The molecule has 0 aliphatic rings. The van der Waals surface area contributed by atoms with Gasteiger partial charge in [0.1, 0.15) is 11.2 Å². The molecule has 142 valence electrons. The van der Waals surface area contributed by atoms with E-state index >= 15 is 0 Å². The van der Waals surface area contributed by atoms with Crippen LogP contribution in [-0.2, 0) is 0 Å². The van der Waals surface area contributed by atoms with Gasteiger partial charge < -0.3 is 8.83 Å². The van der Waals surface area contributed by atoms with Gasteiger partial charge in [0.15, 0.2) is 34.4 Å². The molecule has 10 heteroatoms. The minimum atomic E-state index is -2.09. The average Bonchev–Trinajstić information content (AvgIpc) is 3.23. The largest absolute Gasteiger partial charge is 0.453 e. The van der Waals surface area contributed by atoms with Crippen LogP contribution in [0.15, 0.2) is 21.0 Å². The highest BCUT2D eigenvalue weighted by atomic mass is 19.2. The number of hydrogen-bond donors (Lipinski definition) is 0. The molecular formula is C18H2F8O2. The van der Waals surface area contributed by atoms with E-state index in [9.17, 15) is 35.1 Å². The normalized spacial score (nSPS) is 12.3. The molecule has 28 heavy (non-hydrogen) atoms. The zero-order valence-corrected chi connectivity index (χ0v) is 13.0. The van der Waals surface area contributed by atoms with E-state index in [0.717, 1.165) is 12.1 Å². The molecule has 0 saturated heterocycles. The number of halogens is 8. The van der Waals surface area contributed by atoms with Crippen LogP contribution in [0.25, 0.3) is 43.9 Å². The van der Waals surface area contributed by atoms with Crippen LogP contribution in [0, 0.1) is 46.5 Å². The van der Waals surface area contributed by atoms with Crippen molar-refractivity contribution < 1.29 is 44.0 Å². The van der Waals surface area contributed by atoms with Crippen LogP contribution in [0.3, 0.4) is 0 Å². The molecule has 5 rings (SSSR count). The van der Waals surface area contributed by atoms with Gasteiger partial charge in [-0.1, -0.05) is 0 Å². The quantitative estimate of drug-likeness (QED) is 0.166. The van der Waals surface area contributed by atoms with Gasteiger partial charge in [-0.15, -0.1) is 0 Å². The van der Waals surface area contributed by atoms with Crippen molar-refractivity contribution >= 4 is 43.9 Å². The SMILES string of the molecule is Fc1c(F)c(F)c2c(oc3cc4c(cc32)oc2c(F)c(F)c(F)c(F)c24)c1F. The van der Waals surface area contributed by atoms with Crippen LogP contribution in [0.4, 0.5) is 35.1 Å². The van der Waals surface area contributed by atoms with E-state index in [0.29, 0.717) is 0 Å². The molecule has 0 spiro atoms. The summed E-state index contributed by atoms with van der Waals surface area (Å²) >= 11 is 0. The van der Waals surface area contributed by atoms with E-state index in [4.69, 9.17) is 8.83 Å². The Morgan fingerprint density at radius 2 is 0.750 bits per heavy atom. The predicted molar refractivity (Wildman–Crippen MR) is 80.7 cm³/mol. The van der Waals surface area contributed by atoms with Crippen LogP contribution in [0.5, 0.6) is 0 Å². The summed E-state index contributed by atoms with van der Waals surface area (Å²) in [6.07, 6.45) is 0. The van der Waals surface area contributed by atoms with Crippen molar-refractivity contribution in [2.75, 3.05) is 0 Å². The molecular weight excluding hydrogens is 400 g/mol. The summed E-state index contributed by atoms with van der Waals surface area (Å²) in [4.78, 5) is 0. The second-order valence-electron chi connectivity index (χ2n) is 5.97. The smallest absolute Gasteiger partial charge is 0.205 e. The van der Waals surface area contributed by atoms with Crippen molar-refractivity contribution in [3.8, 4) is 0 Å². The number of rotatable bonds is 0. The zero-order chi connectivity index (χ0) is 20.1. The fraction of sp³-hybridized carbons (Fsp3) is 0. The summed E-state index contributed by atoms with van der Waals surface area (Å²) in [7, 11) is 0. The topological polar surface area (TPSA) is 26.3 Å². The Morgan fingerprint density at radius 3 is 1.11 bits per heavy atom. The van der Waals surface area contributed by atoms with E-state index in [1.54, 1.807) is 0 Å². The Bertz CT molecular complexity index is 1380. The first kappa shape index (κ1) is 16.8. The lowest BCUT2D eigenvalue weighted by Crippen LogP contribution is -1.96. The van der Waals surface area contributed by atoms with Crippen molar-refractivity contribution in [1.82, 2.24) is 0 Å². The maximum absolute atomic E-state index is 14.1. The van der Waals surface area contributed by atoms with Crippen LogP contribution in [-0.4, -0.2) is 0 Å². The van der Waals surface area contributed by atoms with Gasteiger partial charge in [0.25, 0.3) is 0 Å². The van der Waals surface area contributed by atoms with Crippen molar-refractivity contribution in [1.29, 1.82) is 0 Å².